The van der Waals surface area contributed by atoms with Gasteiger partial charge in [-0.25, -0.2) is 9.59 Å². The summed E-state index contributed by atoms with van der Waals surface area (Å²) in [4.78, 5) is 22.6. The van der Waals surface area contributed by atoms with E-state index in [-0.39, 0.29) is 5.56 Å². The van der Waals surface area contributed by atoms with E-state index >= 15 is 0 Å². The van der Waals surface area contributed by atoms with E-state index in [2.05, 4.69) is 10.6 Å². The largest absolute Gasteiger partial charge is 0.478 e. The summed E-state index contributed by atoms with van der Waals surface area (Å²) in [5.74, 6) is -0.245. The second-order valence-corrected chi connectivity index (χ2v) is 4.71. The maximum absolute atomic E-state index is 11.5. The van der Waals surface area contributed by atoms with Crippen LogP contribution in [0, 0.1) is 6.92 Å². The number of urea groups is 1. The molecule has 1 aromatic rings. The zero-order chi connectivity index (χ0) is 13.5. The number of carbonyl (C=O) groups excluding carboxylic acids is 1. The van der Waals surface area contributed by atoms with Crippen LogP contribution >= 0.6 is 11.8 Å². The molecule has 2 amide bonds. The molecule has 0 aliphatic carbocycles. The molecule has 0 saturated carbocycles. The Morgan fingerprint density at radius 3 is 2.72 bits per heavy atom. The fourth-order valence-electron chi connectivity index (χ4n) is 1.38. The molecule has 0 radical (unpaired) electrons. The van der Waals surface area contributed by atoms with Crippen molar-refractivity contribution in [2.45, 2.75) is 6.92 Å². The summed E-state index contributed by atoms with van der Waals surface area (Å²) in [5, 5.41) is 14.2. The van der Waals surface area contributed by atoms with Gasteiger partial charge in [0.05, 0.1) is 11.3 Å². The summed E-state index contributed by atoms with van der Waals surface area (Å²) < 4.78 is 0. The summed E-state index contributed by atoms with van der Waals surface area (Å²) in [6.45, 7) is 2.34. The minimum absolute atomic E-state index is 0.0926. The number of nitrogens with one attached hydrogen (secondary N) is 2. The Labute approximate surface area is 110 Å². The van der Waals surface area contributed by atoms with Crippen LogP contribution in [0.4, 0.5) is 10.5 Å². The number of aromatic carboxylic acids is 1. The van der Waals surface area contributed by atoms with Crippen LogP contribution < -0.4 is 10.6 Å². The Hall–Kier alpha value is -1.69. The molecule has 0 fully saturated rings. The summed E-state index contributed by atoms with van der Waals surface area (Å²) in [5.41, 5.74) is 1.23. The first kappa shape index (κ1) is 14.4. The van der Waals surface area contributed by atoms with E-state index in [1.807, 2.05) is 6.26 Å². The van der Waals surface area contributed by atoms with Gasteiger partial charge in [0.25, 0.3) is 0 Å². The second kappa shape index (κ2) is 6.90. The van der Waals surface area contributed by atoms with Crippen LogP contribution in [0.15, 0.2) is 18.2 Å². The SMILES string of the molecule is CSCCNC(=O)Nc1ccc(C)cc1C(=O)O. The Morgan fingerprint density at radius 2 is 2.11 bits per heavy atom. The van der Waals surface area contributed by atoms with Crippen molar-refractivity contribution >= 4 is 29.4 Å². The van der Waals surface area contributed by atoms with E-state index in [9.17, 15) is 9.59 Å². The van der Waals surface area contributed by atoms with Crippen molar-refractivity contribution in [3.63, 3.8) is 0 Å². The zero-order valence-electron chi connectivity index (χ0n) is 10.3. The third kappa shape index (κ3) is 4.29. The van der Waals surface area contributed by atoms with Crippen molar-refractivity contribution in [1.29, 1.82) is 0 Å². The number of carboxylic acids is 1. The van der Waals surface area contributed by atoms with E-state index in [1.54, 1.807) is 30.8 Å². The van der Waals surface area contributed by atoms with Crippen LogP contribution in [-0.4, -0.2) is 35.7 Å². The fraction of sp³-hybridized carbons (Fsp3) is 0.333. The molecule has 0 spiro atoms. The van der Waals surface area contributed by atoms with Crippen molar-refractivity contribution in [2.75, 3.05) is 23.9 Å². The predicted octanol–water partition coefficient (Wildman–Crippen LogP) is 2.18. The molecule has 0 bridgehead atoms. The quantitative estimate of drug-likeness (QED) is 0.715. The van der Waals surface area contributed by atoms with Gasteiger partial charge in [0.2, 0.25) is 0 Å². The summed E-state index contributed by atoms with van der Waals surface area (Å²) in [7, 11) is 0. The van der Waals surface area contributed by atoms with Gasteiger partial charge in [0, 0.05) is 12.3 Å². The zero-order valence-corrected chi connectivity index (χ0v) is 11.1. The average Bonchev–Trinajstić information content (AvgIpc) is 2.31. The first-order valence-corrected chi connectivity index (χ1v) is 6.81. The van der Waals surface area contributed by atoms with Gasteiger partial charge in [0.15, 0.2) is 0 Å². The van der Waals surface area contributed by atoms with Crippen molar-refractivity contribution in [1.82, 2.24) is 5.32 Å². The van der Waals surface area contributed by atoms with Crippen molar-refractivity contribution in [3.05, 3.63) is 29.3 Å². The molecule has 98 valence electrons. The van der Waals surface area contributed by atoms with Crippen molar-refractivity contribution < 1.29 is 14.7 Å². The highest BCUT2D eigenvalue weighted by atomic mass is 32.2. The van der Waals surface area contributed by atoms with Crippen LogP contribution in [0.25, 0.3) is 0 Å². The molecule has 0 unspecified atom stereocenters. The number of benzene rings is 1. The number of thioether (sulfide) groups is 1. The number of carboxylic acid groups (broad SMARTS) is 1. The standard InChI is InChI=1S/C12H16N2O3S/c1-8-3-4-10(9(7-8)11(15)16)14-12(17)13-5-6-18-2/h3-4,7H,5-6H2,1-2H3,(H,15,16)(H2,13,14,17). The minimum atomic E-state index is -1.06. The summed E-state index contributed by atoms with van der Waals surface area (Å²) >= 11 is 1.62. The Bertz CT molecular complexity index is 449. The highest BCUT2D eigenvalue weighted by Gasteiger charge is 2.12. The number of rotatable bonds is 5. The topological polar surface area (TPSA) is 78.4 Å². The van der Waals surface area contributed by atoms with Gasteiger partial charge >= 0.3 is 12.0 Å². The lowest BCUT2D eigenvalue weighted by Gasteiger charge is -2.10. The molecule has 6 heteroatoms. The number of aryl methyl sites for hydroxylation is 1. The van der Waals surface area contributed by atoms with Crippen LogP contribution in [0.3, 0.4) is 0 Å². The lowest BCUT2D eigenvalue weighted by atomic mass is 10.1. The molecule has 0 aliphatic heterocycles. The molecule has 0 atom stereocenters. The minimum Gasteiger partial charge on any atom is -0.478 e. The molecular weight excluding hydrogens is 252 g/mol. The summed E-state index contributed by atoms with van der Waals surface area (Å²) in [6, 6.07) is 4.48. The van der Waals surface area contributed by atoms with Crippen molar-refractivity contribution in [2.24, 2.45) is 0 Å². The predicted molar refractivity (Wildman–Crippen MR) is 73.5 cm³/mol. The van der Waals surface area contributed by atoms with Gasteiger partial charge < -0.3 is 15.7 Å². The lowest BCUT2D eigenvalue weighted by Crippen LogP contribution is -2.31. The van der Waals surface area contributed by atoms with E-state index in [0.29, 0.717) is 12.2 Å². The van der Waals surface area contributed by atoms with Gasteiger partial charge in [0.1, 0.15) is 0 Å². The molecule has 18 heavy (non-hydrogen) atoms. The number of anilines is 1. The van der Waals surface area contributed by atoms with E-state index in [1.165, 1.54) is 6.07 Å². The van der Waals surface area contributed by atoms with Gasteiger partial charge in [-0.2, -0.15) is 11.8 Å². The van der Waals surface area contributed by atoms with E-state index in [0.717, 1.165) is 11.3 Å². The molecular formula is C12H16N2O3S. The number of hydrogen-bond donors (Lipinski definition) is 3. The number of amides is 2. The maximum Gasteiger partial charge on any atom is 0.337 e. The average molecular weight is 268 g/mol. The lowest BCUT2D eigenvalue weighted by molar-refractivity contribution is 0.0698. The number of hydrogen-bond acceptors (Lipinski definition) is 3. The van der Waals surface area contributed by atoms with Gasteiger partial charge in [-0.1, -0.05) is 11.6 Å². The molecule has 0 saturated heterocycles. The van der Waals surface area contributed by atoms with Crippen LogP contribution in [-0.2, 0) is 0 Å². The van der Waals surface area contributed by atoms with Crippen LogP contribution in [0.5, 0.6) is 0 Å². The highest BCUT2D eigenvalue weighted by molar-refractivity contribution is 7.98. The Morgan fingerprint density at radius 1 is 1.39 bits per heavy atom. The number of carbonyl (C=O) groups is 2. The molecule has 3 N–H and O–H groups in total. The molecule has 0 aromatic heterocycles. The molecule has 5 nitrogen and oxygen atoms in total. The highest BCUT2D eigenvalue weighted by Crippen LogP contribution is 2.17. The molecule has 0 aliphatic rings. The fourth-order valence-corrected chi connectivity index (χ4v) is 1.68. The first-order valence-electron chi connectivity index (χ1n) is 5.42. The monoisotopic (exact) mass is 268 g/mol. The van der Waals surface area contributed by atoms with E-state index < -0.39 is 12.0 Å². The second-order valence-electron chi connectivity index (χ2n) is 3.73. The maximum atomic E-state index is 11.5. The molecule has 1 rings (SSSR count). The molecule has 0 heterocycles. The van der Waals surface area contributed by atoms with E-state index in [4.69, 9.17) is 5.11 Å². The van der Waals surface area contributed by atoms with Gasteiger partial charge in [-0.05, 0) is 25.3 Å². The Kier molecular flexibility index (Phi) is 5.51. The third-order valence-electron chi connectivity index (χ3n) is 2.25. The first-order chi connectivity index (χ1) is 8.54. The van der Waals surface area contributed by atoms with Crippen LogP contribution in [0.1, 0.15) is 15.9 Å². The van der Waals surface area contributed by atoms with Crippen molar-refractivity contribution in [3.8, 4) is 0 Å². The third-order valence-corrected chi connectivity index (χ3v) is 2.86. The van der Waals surface area contributed by atoms with Gasteiger partial charge in [-0.15, -0.1) is 0 Å². The normalized spacial score (nSPS) is 9.89. The smallest absolute Gasteiger partial charge is 0.337 e. The summed E-state index contributed by atoms with van der Waals surface area (Å²) in [6.07, 6.45) is 1.95. The van der Waals surface area contributed by atoms with Crippen LogP contribution in [0.2, 0.25) is 0 Å². The van der Waals surface area contributed by atoms with Gasteiger partial charge in [-0.3, -0.25) is 0 Å². The Balaban J connectivity index is 2.72. The molecule has 1 aromatic carbocycles.